The molecule has 0 aliphatic rings. The molecule has 0 atom stereocenters. The Kier molecular flexibility index (Phi) is 2.70. The van der Waals surface area contributed by atoms with Crippen molar-refractivity contribution in [3.05, 3.63) is 22.7 Å². The van der Waals surface area contributed by atoms with Crippen molar-refractivity contribution in [3.63, 3.8) is 0 Å². The largest absolute Gasteiger partial charge is 0.291 e. The first-order valence-corrected chi connectivity index (χ1v) is 4.04. The fourth-order valence-electron chi connectivity index (χ4n) is 0.614. The third-order valence-corrected chi connectivity index (χ3v) is 1.60. The zero-order chi connectivity index (χ0) is 8.27. The van der Waals surface area contributed by atoms with Gasteiger partial charge in [0.2, 0.25) is 0 Å². The van der Waals surface area contributed by atoms with Crippen molar-refractivity contribution in [2.75, 3.05) is 0 Å². The van der Waals surface area contributed by atoms with Crippen LogP contribution < -0.4 is 0 Å². The molecule has 58 valence electrons. The normalized spacial score (nSPS) is 9.64. The lowest BCUT2D eigenvalue weighted by atomic mass is 10.3. The zero-order valence-corrected chi connectivity index (χ0v) is 7.63. The van der Waals surface area contributed by atoms with E-state index >= 15 is 0 Å². The Labute approximate surface area is 73.0 Å². The number of aromatic nitrogens is 2. The van der Waals surface area contributed by atoms with E-state index in [2.05, 4.69) is 25.9 Å². The maximum atomic E-state index is 11.0. The van der Waals surface area contributed by atoms with Crippen LogP contribution in [0.5, 0.6) is 0 Å². The van der Waals surface area contributed by atoms with Gasteiger partial charge in [-0.15, -0.1) is 0 Å². The summed E-state index contributed by atoms with van der Waals surface area (Å²) in [4.78, 5) is 18.7. The number of hydrogen-bond acceptors (Lipinski definition) is 3. The van der Waals surface area contributed by atoms with Gasteiger partial charge in [-0.3, -0.25) is 4.79 Å². The molecule has 0 amide bonds. The molecule has 4 heteroatoms. The van der Waals surface area contributed by atoms with E-state index in [4.69, 9.17) is 0 Å². The smallest absolute Gasteiger partial charge is 0.199 e. The molecule has 0 aromatic carbocycles. The SMILES string of the molecule is CCC(=O)c1ncc(Br)cn1. The molecule has 0 spiro atoms. The molecule has 0 bridgehead atoms. The summed E-state index contributed by atoms with van der Waals surface area (Å²) in [6.07, 6.45) is 3.58. The summed E-state index contributed by atoms with van der Waals surface area (Å²) in [5.74, 6) is 0.258. The highest BCUT2D eigenvalue weighted by atomic mass is 79.9. The Morgan fingerprint density at radius 2 is 2.09 bits per heavy atom. The molecule has 0 aliphatic heterocycles. The van der Waals surface area contributed by atoms with Crippen molar-refractivity contribution in [1.82, 2.24) is 9.97 Å². The third kappa shape index (κ3) is 2.08. The monoisotopic (exact) mass is 214 g/mol. The van der Waals surface area contributed by atoms with E-state index in [1.54, 1.807) is 19.3 Å². The maximum absolute atomic E-state index is 11.0. The van der Waals surface area contributed by atoms with Gasteiger partial charge in [0.15, 0.2) is 11.6 Å². The Bertz CT molecular complexity index is 258. The second-order valence-corrected chi connectivity index (χ2v) is 2.92. The van der Waals surface area contributed by atoms with Crippen molar-refractivity contribution in [3.8, 4) is 0 Å². The van der Waals surface area contributed by atoms with Crippen LogP contribution in [-0.4, -0.2) is 15.8 Å². The number of halogens is 1. The molecule has 0 radical (unpaired) electrons. The van der Waals surface area contributed by atoms with E-state index < -0.39 is 0 Å². The van der Waals surface area contributed by atoms with Crippen LogP contribution in [0.1, 0.15) is 24.0 Å². The molecule has 3 nitrogen and oxygen atoms in total. The Balaban J connectivity index is 2.90. The Morgan fingerprint density at radius 3 is 2.55 bits per heavy atom. The van der Waals surface area contributed by atoms with Gasteiger partial charge in [0.1, 0.15) is 0 Å². The first kappa shape index (κ1) is 8.33. The summed E-state index contributed by atoms with van der Waals surface area (Å²) < 4.78 is 0.783. The van der Waals surface area contributed by atoms with Gasteiger partial charge >= 0.3 is 0 Å². The molecule has 0 saturated heterocycles. The topological polar surface area (TPSA) is 42.9 Å². The molecule has 0 saturated carbocycles. The summed E-state index contributed by atoms with van der Waals surface area (Å²) in [6.45, 7) is 1.79. The molecule has 0 fully saturated rings. The van der Waals surface area contributed by atoms with Crippen LogP contribution >= 0.6 is 15.9 Å². The van der Waals surface area contributed by atoms with E-state index in [0.717, 1.165) is 4.47 Å². The van der Waals surface area contributed by atoms with Crippen LogP contribution in [-0.2, 0) is 0 Å². The second-order valence-electron chi connectivity index (χ2n) is 2.00. The molecule has 0 aliphatic carbocycles. The summed E-state index contributed by atoms with van der Waals surface area (Å²) >= 11 is 3.18. The fraction of sp³-hybridized carbons (Fsp3) is 0.286. The van der Waals surface area contributed by atoms with E-state index in [-0.39, 0.29) is 11.6 Å². The molecule has 0 unspecified atom stereocenters. The van der Waals surface area contributed by atoms with Crippen LogP contribution in [0.25, 0.3) is 0 Å². The van der Waals surface area contributed by atoms with Gasteiger partial charge in [-0.1, -0.05) is 6.92 Å². The standard InChI is InChI=1S/C7H7BrN2O/c1-2-6(11)7-9-3-5(8)4-10-7/h3-4H,2H2,1H3. The molecule has 1 rings (SSSR count). The quantitative estimate of drug-likeness (QED) is 0.706. The second kappa shape index (κ2) is 3.57. The fourth-order valence-corrected chi connectivity index (χ4v) is 0.819. The Hall–Kier alpha value is -0.770. The summed E-state index contributed by atoms with van der Waals surface area (Å²) in [7, 11) is 0. The number of ketones is 1. The van der Waals surface area contributed by atoms with Crippen LogP contribution in [0.2, 0.25) is 0 Å². The lowest BCUT2D eigenvalue weighted by Gasteiger charge is -1.93. The van der Waals surface area contributed by atoms with Crippen molar-refractivity contribution in [2.45, 2.75) is 13.3 Å². The van der Waals surface area contributed by atoms with Gasteiger partial charge in [0.25, 0.3) is 0 Å². The number of carbonyl (C=O) groups is 1. The molecule has 1 aromatic heterocycles. The van der Waals surface area contributed by atoms with E-state index in [1.165, 1.54) is 0 Å². The number of hydrogen-bond donors (Lipinski definition) is 0. The van der Waals surface area contributed by atoms with Crippen LogP contribution in [0, 0.1) is 0 Å². The van der Waals surface area contributed by atoms with E-state index in [0.29, 0.717) is 6.42 Å². The van der Waals surface area contributed by atoms with Gasteiger partial charge < -0.3 is 0 Å². The van der Waals surface area contributed by atoms with Crippen molar-refractivity contribution < 1.29 is 4.79 Å². The van der Waals surface area contributed by atoms with Gasteiger partial charge in [-0.05, 0) is 15.9 Å². The molecule has 1 heterocycles. The van der Waals surface area contributed by atoms with Gasteiger partial charge in [-0.2, -0.15) is 0 Å². The lowest BCUT2D eigenvalue weighted by molar-refractivity contribution is 0.0978. The molecular formula is C7H7BrN2O. The Morgan fingerprint density at radius 1 is 1.55 bits per heavy atom. The van der Waals surface area contributed by atoms with Gasteiger partial charge in [0, 0.05) is 18.8 Å². The minimum Gasteiger partial charge on any atom is -0.291 e. The first-order chi connectivity index (χ1) is 5.24. The average molecular weight is 215 g/mol. The summed E-state index contributed by atoms with van der Waals surface area (Å²) in [5.41, 5.74) is 0. The van der Waals surface area contributed by atoms with E-state index in [1.807, 2.05) is 0 Å². The molecule has 1 aromatic rings. The minimum absolute atomic E-state index is 0.0301. The highest BCUT2D eigenvalue weighted by Gasteiger charge is 2.04. The van der Waals surface area contributed by atoms with E-state index in [9.17, 15) is 4.79 Å². The summed E-state index contributed by atoms with van der Waals surface area (Å²) in [6, 6.07) is 0. The molecule has 0 N–H and O–H groups in total. The first-order valence-electron chi connectivity index (χ1n) is 3.24. The number of rotatable bonds is 2. The predicted molar refractivity (Wildman–Crippen MR) is 44.4 cm³/mol. The molecule has 11 heavy (non-hydrogen) atoms. The third-order valence-electron chi connectivity index (χ3n) is 1.19. The van der Waals surface area contributed by atoms with Crippen LogP contribution in [0.3, 0.4) is 0 Å². The van der Waals surface area contributed by atoms with Crippen LogP contribution in [0.4, 0.5) is 0 Å². The highest BCUT2D eigenvalue weighted by molar-refractivity contribution is 9.10. The highest BCUT2D eigenvalue weighted by Crippen LogP contribution is 2.05. The predicted octanol–water partition coefficient (Wildman–Crippen LogP) is 1.83. The van der Waals surface area contributed by atoms with Gasteiger partial charge in [0.05, 0.1) is 4.47 Å². The van der Waals surface area contributed by atoms with Crippen molar-refractivity contribution >= 4 is 21.7 Å². The maximum Gasteiger partial charge on any atom is 0.199 e. The molecular weight excluding hydrogens is 208 g/mol. The lowest BCUT2D eigenvalue weighted by Crippen LogP contribution is -2.02. The number of nitrogens with zero attached hydrogens (tertiary/aromatic N) is 2. The van der Waals surface area contributed by atoms with Gasteiger partial charge in [-0.25, -0.2) is 9.97 Å². The minimum atomic E-state index is -0.0301. The van der Waals surface area contributed by atoms with Crippen molar-refractivity contribution in [1.29, 1.82) is 0 Å². The number of carbonyl (C=O) groups excluding carboxylic acids is 1. The average Bonchev–Trinajstić information content (AvgIpc) is 2.05. The number of Topliss-reactive ketones (excluding diaryl/α,β-unsaturated/α-hetero) is 1. The van der Waals surface area contributed by atoms with Crippen molar-refractivity contribution in [2.24, 2.45) is 0 Å². The zero-order valence-electron chi connectivity index (χ0n) is 6.04. The summed E-state index contributed by atoms with van der Waals surface area (Å²) in [5, 5.41) is 0. The van der Waals surface area contributed by atoms with Crippen LogP contribution in [0.15, 0.2) is 16.9 Å².